The zero-order valence-corrected chi connectivity index (χ0v) is 19.9. The summed E-state index contributed by atoms with van der Waals surface area (Å²) in [6, 6.07) is 18.1. The molecular formula is C26H29ClN4O. The summed E-state index contributed by atoms with van der Waals surface area (Å²) in [5, 5.41) is 0.417. The van der Waals surface area contributed by atoms with Gasteiger partial charge < -0.3 is 14.0 Å². The topological polar surface area (TPSA) is 43.1 Å². The van der Waals surface area contributed by atoms with Crippen molar-refractivity contribution < 1.29 is 4.79 Å². The minimum Gasteiger partial charge on any atom is -0.334 e. The van der Waals surface area contributed by atoms with Crippen LogP contribution in [0.4, 0.5) is 0 Å². The van der Waals surface area contributed by atoms with Crippen LogP contribution in [0.5, 0.6) is 0 Å². The highest BCUT2D eigenvalue weighted by Gasteiger charge is 2.20. The van der Waals surface area contributed by atoms with Crippen molar-refractivity contribution >= 4 is 28.5 Å². The lowest BCUT2D eigenvalue weighted by molar-refractivity contribution is 0.0740. The first-order chi connectivity index (χ1) is 15.4. The molecule has 0 saturated heterocycles. The van der Waals surface area contributed by atoms with Gasteiger partial charge in [0.05, 0.1) is 11.0 Å². The molecule has 0 radical (unpaired) electrons. The number of unbranched alkanes of at least 4 members (excludes halogenated alkanes) is 1. The fourth-order valence-electron chi connectivity index (χ4n) is 4.25. The Hall–Kier alpha value is -3.05. The van der Waals surface area contributed by atoms with Crippen LogP contribution in [0, 0.1) is 13.8 Å². The third kappa shape index (κ3) is 4.17. The number of hydrogen-bond donors (Lipinski definition) is 0. The smallest absolute Gasteiger partial charge is 0.254 e. The van der Waals surface area contributed by atoms with Crippen LogP contribution in [0.15, 0.2) is 54.6 Å². The van der Waals surface area contributed by atoms with Crippen molar-refractivity contribution in [3.8, 4) is 5.69 Å². The summed E-state index contributed by atoms with van der Waals surface area (Å²) in [7, 11) is 1.86. The van der Waals surface area contributed by atoms with Gasteiger partial charge in [-0.3, -0.25) is 4.79 Å². The number of aryl methyl sites for hydroxylation is 2. The fraction of sp³-hybridized carbons (Fsp3) is 0.308. The standard InChI is InChI=1S/C26H29ClN4O/c1-5-6-14-30(25(32)20-12-13-23-24(16-20)29(4)26(27)28-23)17-21-15-18(2)31(19(21)3)22-10-8-7-9-11-22/h7-13,15-16H,5-6,14,17H2,1-4H3. The van der Waals surface area contributed by atoms with E-state index < -0.39 is 0 Å². The number of nitrogens with zero attached hydrogens (tertiary/aromatic N) is 4. The number of hydrogen-bond acceptors (Lipinski definition) is 2. The maximum absolute atomic E-state index is 13.5. The maximum atomic E-state index is 13.5. The quantitative estimate of drug-likeness (QED) is 0.344. The van der Waals surface area contributed by atoms with E-state index in [0.29, 0.717) is 23.9 Å². The number of carbonyl (C=O) groups is 1. The van der Waals surface area contributed by atoms with Gasteiger partial charge in [0.15, 0.2) is 0 Å². The van der Waals surface area contributed by atoms with E-state index in [0.717, 1.165) is 41.0 Å². The van der Waals surface area contributed by atoms with E-state index in [-0.39, 0.29) is 5.91 Å². The molecule has 5 nitrogen and oxygen atoms in total. The third-order valence-corrected chi connectivity index (χ3v) is 6.39. The van der Waals surface area contributed by atoms with E-state index in [1.807, 2.05) is 48.3 Å². The minimum atomic E-state index is 0.0298. The minimum absolute atomic E-state index is 0.0298. The molecule has 0 aliphatic heterocycles. The molecule has 2 aromatic carbocycles. The Morgan fingerprint density at radius 3 is 2.56 bits per heavy atom. The monoisotopic (exact) mass is 448 g/mol. The van der Waals surface area contributed by atoms with Crippen LogP contribution in [-0.4, -0.2) is 31.5 Å². The van der Waals surface area contributed by atoms with Gasteiger partial charge in [-0.15, -0.1) is 0 Å². The van der Waals surface area contributed by atoms with E-state index in [1.54, 1.807) is 4.57 Å². The number of carbonyl (C=O) groups excluding carboxylic acids is 1. The molecule has 0 unspecified atom stereocenters. The van der Waals surface area contributed by atoms with Crippen molar-refractivity contribution in [3.63, 3.8) is 0 Å². The second-order valence-corrected chi connectivity index (χ2v) is 8.63. The maximum Gasteiger partial charge on any atom is 0.254 e. The van der Waals surface area contributed by atoms with Gasteiger partial charge in [-0.1, -0.05) is 31.5 Å². The van der Waals surface area contributed by atoms with Crippen molar-refractivity contribution in [2.45, 2.75) is 40.2 Å². The Kier molecular flexibility index (Phi) is 6.38. The molecule has 2 aromatic heterocycles. The van der Waals surface area contributed by atoms with Crippen LogP contribution in [0.25, 0.3) is 16.7 Å². The zero-order chi connectivity index (χ0) is 22.8. The van der Waals surface area contributed by atoms with Crippen LogP contribution in [-0.2, 0) is 13.6 Å². The average molecular weight is 449 g/mol. The Morgan fingerprint density at radius 2 is 1.84 bits per heavy atom. The molecule has 0 fully saturated rings. The lowest BCUT2D eigenvalue weighted by Gasteiger charge is -2.23. The first kappa shape index (κ1) is 22.2. The van der Waals surface area contributed by atoms with E-state index >= 15 is 0 Å². The van der Waals surface area contributed by atoms with Crippen molar-refractivity contribution in [1.29, 1.82) is 0 Å². The number of aromatic nitrogens is 3. The second-order valence-electron chi connectivity index (χ2n) is 8.29. The van der Waals surface area contributed by atoms with E-state index in [4.69, 9.17) is 11.6 Å². The summed E-state index contributed by atoms with van der Waals surface area (Å²) in [5.74, 6) is 0.0298. The summed E-state index contributed by atoms with van der Waals surface area (Å²) in [5.41, 5.74) is 6.94. The fourth-order valence-corrected chi connectivity index (χ4v) is 4.43. The van der Waals surface area contributed by atoms with Crippen molar-refractivity contribution in [2.75, 3.05) is 6.54 Å². The molecule has 4 aromatic rings. The highest BCUT2D eigenvalue weighted by Crippen LogP contribution is 2.24. The number of imidazole rings is 1. The molecule has 166 valence electrons. The van der Waals surface area contributed by atoms with Gasteiger partial charge in [0.25, 0.3) is 5.91 Å². The van der Waals surface area contributed by atoms with Crippen molar-refractivity contribution in [2.24, 2.45) is 7.05 Å². The van der Waals surface area contributed by atoms with E-state index in [1.165, 1.54) is 5.56 Å². The molecular weight excluding hydrogens is 420 g/mol. The van der Waals surface area contributed by atoms with E-state index in [9.17, 15) is 4.79 Å². The zero-order valence-electron chi connectivity index (χ0n) is 19.1. The molecule has 2 heterocycles. The van der Waals surface area contributed by atoms with Crippen LogP contribution < -0.4 is 0 Å². The second kappa shape index (κ2) is 9.21. The normalized spacial score (nSPS) is 11.3. The third-order valence-electron chi connectivity index (χ3n) is 6.05. The Balaban J connectivity index is 1.66. The SMILES string of the molecule is CCCCN(Cc1cc(C)n(-c2ccccc2)c1C)C(=O)c1ccc2nc(Cl)n(C)c2c1. The molecule has 0 atom stereocenters. The Morgan fingerprint density at radius 1 is 1.09 bits per heavy atom. The number of fused-ring (bicyclic) bond motifs is 1. The van der Waals surface area contributed by atoms with Crippen molar-refractivity contribution in [1.82, 2.24) is 19.0 Å². The molecule has 4 rings (SSSR count). The van der Waals surface area contributed by atoms with Gasteiger partial charge in [-0.2, -0.15) is 0 Å². The lowest BCUT2D eigenvalue weighted by atomic mass is 10.1. The van der Waals surface area contributed by atoms with Crippen LogP contribution in [0.1, 0.15) is 47.1 Å². The highest BCUT2D eigenvalue weighted by molar-refractivity contribution is 6.29. The summed E-state index contributed by atoms with van der Waals surface area (Å²) >= 11 is 6.16. The van der Waals surface area contributed by atoms with Crippen LogP contribution >= 0.6 is 11.6 Å². The molecule has 0 saturated carbocycles. The van der Waals surface area contributed by atoms with Gasteiger partial charge in [0.1, 0.15) is 0 Å². The van der Waals surface area contributed by atoms with Crippen LogP contribution in [0.2, 0.25) is 5.28 Å². The molecule has 0 aliphatic carbocycles. The van der Waals surface area contributed by atoms with Crippen molar-refractivity contribution in [3.05, 3.63) is 82.4 Å². The predicted molar refractivity (Wildman–Crippen MR) is 131 cm³/mol. The summed E-state index contributed by atoms with van der Waals surface area (Å²) < 4.78 is 4.05. The molecule has 6 heteroatoms. The molecule has 0 N–H and O–H groups in total. The highest BCUT2D eigenvalue weighted by atomic mass is 35.5. The molecule has 0 aliphatic rings. The Labute approximate surface area is 194 Å². The molecule has 0 bridgehead atoms. The van der Waals surface area contributed by atoms with Gasteiger partial charge in [0, 0.05) is 42.8 Å². The lowest BCUT2D eigenvalue weighted by Crippen LogP contribution is -2.31. The van der Waals surface area contributed by atoms with Crippen LogP contribution in [0.3, 0.4) is 0 Å². The number of benzene rings is 2. The number of amides is 1. The largest absolute Gasteiger partial charge is 0.334 e. The van der Waals surface area contributed by atoms with Gasteiger partial charge >= 0.3 is 0 Å². The van der Waals surface area contributed by atoms with Gasteiger partial charge in [-0.25, -0.2) is 4.98 Å². The molecule has 32 heavy (non-hydrogen) atoms. The number of rotatable bonds is 7. The average Bonchev–Trinajstić information content (AvgIpc) is 3.24. The predicted octanol–water partition coefficient (Wildman–Crippen LogP) is 6.08. The number of para-hydroxylation sites is 1. The van der Waals surface area contributed by atoms with Gasteiger partial charge in [0.2, 0.25) is 5.28 Å². The molecule has 1 amide bonds. The first-order valence-electron chi connectivity index (χ1n) is 11.0. The van der Waals surface area contributed by atoms with Gasteiger partial charge in [-0.05, 0) is 73.8 Å². The summed E-state index contributed by atoms with van der Waals surface area (Å²) in [6.45, 7) is 7.68. The molecule has 0 spiro atoms. The summed E-state index contributed by atoms with van der Waals surface area (Å²) in [6.07, 6.45) is 1.99. The van der Waals surface area contributed by atoms with E-state index in [2.05, 4.69) is 48.5 Å². The number of halogens is 1. The first-order valence-corrected chi connectivity index (χ1v) is 11.4. The summed E-state index contributed by atoms with van der Waals surface area (Å²) in [4.78, 5) is 19.8. The Bertz CT molecular complexity index is 1260.